The van der Waals surface area contributed by atoms with Crippen LogP contribution >= 0.6 is 23.2 Å². The summed E-state index contributed by atoms with van der Waals surface area (Å²) in [5.74, 6) is 0.232. The third-order valence-corrected chi connectivity index (χ3v) is 6.22. The van der Waals surface area contributed by atoms with E-state index in [0.29, 0.717) is 21.1 Å². The molecular weight excluding hydrogens is 321 g/mol. The van der Waals surface area contributed by atoms with Gasteiger partial charge in [-0.3, -0.25) is 0 Å². The second-order valence-electron chi connectivity index (χ2n) is 5.34. The molecule has 2 rings (SSSR count). The zero-order chi connectivity index (χ0) is 15.3. The molecule has 0 saturated heterocycles. The van der Waals surface area contributed by atoms with Crippen LogP contribution in [0, 0.1) is 0 Å². The molecule has 0 unspecified atom stereocenters. The van der Waals surface area contributed by atoms with E-state index in [2.05, 4.69) is 4.98 Å². The predicted molar refractivity (Wildman–Crippen MR) is 83.1 cm³/mol. The van der Waals surface area contributed by atoms with Crippen molar-refractivity contribution in [1.29, 1.82) is 0 Å². The fourth-order valence-corrected chi connectivity index (χ4v) is 2.48. The van der Waals surface area contributed by atoms with Crippen LogP contribution in [0.15, 0.2) is 12.1 Å². The first-order valence-corrected chi connectivity index (χ1v) is 8.48. The molecule has 20 heavy (non-hydrogen) atoms. The number of sulfone groups is 1. The molecule has 110 valence electrons. The molecule has 1 heterocycles. The average molecular weight is 336 g/mol. The number of nitrogen functional groups attached to an aromatic ring is 1. The number of rotatable bonds is 3. The Morgan fingerprint density at radius 1 is 1.30 bits per heavy atom. The highest BCUT2D eigenvalue weighted by Crippen LogP contribution is 2.30. The number of benzene rings is 1. The monoisotopic (exact) mass is 335 g/mol. The molecular formula is C12H15Cl2N3O2S. The Bertz CT molecular complexity index is 782. The first kappa shape index (κ1) is 15.4. The van der Waals surface area contributed by atoms with Gasteiger partial charge in [0.1, 0.15) is 0 Å². The maximum atomic E-state index is 11.8. The molecule has 1 aromatic carbocycles. The lowest BCUT2D eigenvalue weighted by Crippen LogP contribution is -2.36. The summed E-state index contributed by atoms with van der Waals surface area (Å²) in [4.78, 5) is 4.18. The molecule has 0 amide bonds. The topological polar surface area (TPSA) is 78.0 Å². The highest BCUT2D eigenvalue weighted by atomic mass is 35.5. The van der Waals surface area contributed by atoms with Gasteiger partial charge in [0.2, 0.25) is 5.95 Å². The summed E-state index contributed by atoms with van der Waals surface area (Å²) in [6.45, 7) is 3.47. The largest absolute Gasteiger partial charge is 0.369 e. The third-order valence-electron chi connectivity index (χ3n) is 3.36. The van der Waals surface area contributed by atoms with Gasteiger partial charge in [0.05, 0.1) is 25.8 Å². The Balaban J connectivity index is 2.61. The Morgan fingerprint density at radius 3 is 2.40 bits per heavy atom. The molecule has 0 spiro atoms. The van der Waals surface area contributed by atoms with Crippen molar-refractivity contribution in [3.05, 3.63) is 22.2 Å². The van der Waals surface area contributed by atoms with Crippen LogP contribution in [0.3, 0.4) is 0 Å². The van der Waals surface area contributed by atoms with Gasteiger partial charge in [-0.15, -0.1) is 0 Å². The van der Waals surface area contributed by atoms with Crippen molar-refractivity contribution in [2.45, 2.75) is 25.1 Å². The maximum Gasteiger partial charge on any atom is 0.201 e. The van der Waals surface area contributed by atoms with Crippen LogP contribution in [-0.2, 0) is 16.4 Å². The Morgan fingerprint density at radius 2 is 1.85 bits per heavy atom. The number of fused-ring (bicyclic) bond motifs is 1. The quantitative estimate of drug-likeness (QED) is 0.935. The molecule has 0 radical (unpaired) electrons. The lowest BCUT2D eigenvalue weighted by atomic mass is 10.2. The molecule has 0 saturated carbocycles. The molecule has 1 aromatic heterocycles. The van der Waals surface area contributed by atoms with Crippen LogP contribution < -0.4 is 5.73 Å². The van der Waals surface area contributed by atoms with Crippen molar-refractivity contribution in [2.24, 2.45) is 0 Å². The fourth-order valence-electron chi connectivity index (χ4n) is 1.80. The SMILES string of the molecule is CC(C)(Cn1c(N)nc2cc(Cl)c(Cl)cc21)S(C)(=O)=O. The molecule has 0 aliphatic carbocycles. The van der Waals surface area contributed by atoms with E-state index in [4.69, 9.17) is 28.9 Å². The minimum Gasteiger partial charge on any atom is -0.369 e. The lowest BCUT2D eigenvalue weighted by molar-refractivity contribution is 0.511. The number of aromatic nitrogens is 2. The number of nitrogens with two attached hydrogens (primary N) is 1. The number of halogens is 2. The van der Waals surface area contributed by atoms with Gasteiger partial charge in [-0.25, -0.2) is 13.4 Å². The van der Waals surface area contributed by atoms with Crippen molar-refractivity contribution in [1.82, 2.24) is 9.55 Å². The minimum absolute atomic E-state index is 0.187. The Labute approximate surface area is 127 Å². The van der Waals surface area contributed by atoms with Crippen LogP contribution in [-0.4, -0.2) is 29.0 Å². The van der Waals surface area contributed by atoms with Crippen LogP contribution in [0.25, 0.3) is 11.0 Å². The molecule has 2 aromatic rings. The van der Waals surface area contributed by atoms with Gasteiger partial charge in [-0.1, -0.05) is 23.2 Å². The van der Waals surface area contributed by atoms with Gasteiger partial charge >= 0.3 is 0 Å². The van der Waals surface area contributed by atoms with E-state index >= 15 is 0 Å². The van der Waals surface area contributed by atoms with E-state index < -0.39 is 14.6 Å². The average Bonchev–Trinajstić information content (AvgIpc) is 2.55. The molecule has 0 bridgehead atoms. The molecule has 0 aliphatic heterocycles. The zero-order valence-corrected chi connectivity index (χ0v) is 13.6. The van der Waals surface area contributed by atoms with Crippen molar-refractivity contribution >= 4 is 50.0 Å². The van der Waals surface area contributed by atoms with Crippen LogP contribution in [0.4, 0.5) is 5.95 Å². The second-order valence-corrected chi connectivity index (χ2v) is 8.81. The van der Waals surface area contributed by atoms with Crippen LogP contribution in [0.5, 0.6) is 0 Å². The Kier molecular flexibility index (Phi) is 3.69. The van der Waals surface area contributed by atoms with Gasteiger partial charge in [-0.2, -0.15) is 0 Å². The molecule has 2 N–H and O–H groups in total. The number of hydrogen-bond acceptors (Lipinski definition) is 4. The minimum atomic E-state index is -3.25. The molecule has 0 aliphatic rings. The van der Waals surface area contributed by atoms with Crippen LogP contribution in [0.2, 0.25) is 10.0 Å². The summed E-state index contributed by atoms with van der Waals surface area (Å²) in [6.07, 6.45) is 1.20. The van der Waals surface area contributed by atoms with E-state index in [0.717, 1.165) is 0 Å². The van der Waals surface area contributed by atoms with Gasteiger partial charge in [0.15, 0.2) is 9.84 Å². The maximum absolute atomic E-state index is 11.8. The first-order chi connectivity index (χ1) is 9.03. The number of imidazole rings is 1. The Hall–Kier alpha value is -0.980. The summed E-state index contributed by atoms with van der Waals surface area (Å²) in [5, 5.41) is 0.753. The molecule has 5 nitrogen and oxygen atoms in total. The summed E-state index contributed by atoms with van der Waals surface area (Å²) < 4.78 is 24.3. The van der Waals surface area contributed by atoms with Crippen molar-refractivity contribution in [2.75, 3.05) is 12.0 Å². The van der Waals surface area contributed by atoms with Gasteiger partial charge in [-0.05, 0) is 26.0 Å². The highest BCUT2D eigenvalue weighted by Gasteiger charge is 2.32. The smallest absolute Gasteiger partial charge is 0.201 e. The van der Waals surface area contributed by atoms with E-state index in [1.165, 1.54) is 6.26 Å². The normalized spacial score (nSPS) is 13.1. The number of hydrogen-bond donors (Lipinski definition) is 1. The van der Waals surface area contributed by atoms with E-state index in [-0.39, 0.29) is 12.5 Å². The van der Waals surface area contributed by atoms with Gasteiger partial charge in [0.25, 0.3) is 0 Å². The van der Waals surface area contributed by atoms with Gasteiger partial charge < -0.3 is 10.3 Å². The van der Waals surface area contributed by atoms with E-state index in [1.807, 2.05) is 0 Å². The van der Waals surface area contributed by atoms with E-state index in [1.54, 1.807) is 30.5 Å². The van der Waals surface area contributed by atoms with Crippen LogP contribution in [0.1, 0.15) is 13.8 Å². The van der Waals surface area contributed by atoms with Crippen molar-refractivity contribution in [3.8, 4) is 0 Å². The number of anilines is 1. The highest BCUT2D eigenvalue weighted by molar-refractivity contribution is 7.92. The third kappa shape index (κ3) is 2.60. The first-order valence-electron chi connectivity index (χ1n) is 5.83. The van der Waals surface area contributed by atoms with Crippen molar-refractivity contribution < 1.29 is 8.42 Å². The van der Waals surface area contributed by atoms with Crippen molar-refractivity contribution in [3.63, 3.8) is 0 Å². The number of nitrogens with zero attached hydrogens (tertiary/aromatic N) is 2. The zero-order valence-electron chi connectivity index (χ0n) is 11.3. The lowest BCUT2D eigenvalue weighted by Gasteiger charge is -2.23. The second kappa shape index (κ2) is 4.79. The van der Waals surface area contributed by atoms with E-state index in [9.17, 15) is 8.42 Å². The predicted octanol–water partition coefficient (Wildman–Crippen LogP) is 2.75. The standard InChI is InChI=1S/C12H15Cl2N3O2S/c1-12(2,20(3,18)19)6-17-10-5-8(14)7(13)4-9(10)16-11(17)15/h4-5H,6H2,1-3H3,(H2,15,16). The van der Waals surface area contributed by atoms with Gasteiger partial charge in [0, 0.05) is 12.8 Å². The molecule has 8 heteroatoms. The summed E-state index contributed by atoms with van der Waals surface area (Å²) >= 11 is 11.9. The summed E-state index contributed by atoms with van der Waals surface area (Å²) in [5.41, 5.74) is 7.12. The summed E-state index contributed by atoms with van der Waals surface area (Å²) in [7, 11) is -3.25. The summed E-state index contributed by atoms with van der Waals surface area (Å²) in [6, 6.07) is 3.25. The molecule has 0 fully saturated rings. The fraction of sp³-hybridized carbons (Fsp3) is 0.417. The molecule has 0 atom stereocenters.